The second-order valence-corrected chi connectivity index (χ2v) is 4.50. The van der Waals surface area contributed by atoms with Crippen LogP contribution in [0, 0.1) is 0 Å². The molecule has 0 radical (unpaired) electrons. The Morgan fingerprint density at radius 1 is 0.647 bits per heavy atom. The van der Waals surface area contributed by atoms with E-state index in [1.54, 1.807) is 12.1 Å². The van der Waals surface area contributed by atoms with Crippen molar-refractivity contribution in [2.75, 3.05) is 0 Å². The van der Waals surface area contributed by atoms with Crippen LogP contribution in [0.3, 0.4) is 0 Å². The molecule has 3 heteroatoms. The lowest BCUT2D eigenvalue weighted by Gasteiger charge is -2.05. The highest BCUT2D eigenvalue weighted by atomic mass is 32.2. The van der Waals surface area contributed by atoms with E-state index >= 15 is 0 Å². The summed E-state index contributed by atoms with van der Waals surface area (Å²) in [5.41, 5.74) is 2.59. The molecule has 0 bridgehead atoms. The zero-order valence-electron chi connectivity index (χ0n) is 9.60. The predicted octanol–water partition coefficient (Wildman–Crippen LogP) is 3.13. The number of hydrogen-bond acceptors (Lipinski definition) is 3. The molecule has 2 nitrogen and oxygen atoms in total. The summed E-state index contributed by atoms with van der Waals surface area (Å²) in [6, 6.07) is 20.7. The molecule has 0 spiro atoms. The minimum Gasteiger partial charge on any atom is -0.246 e. The lowest BCUT2D eigenvalue weighted by atomic mass is 10.2. The SMILES string of the molecule is c1ccc(CNSNCc2ccccc2)cc1. The van der Waals surface area contributed by atoms with E-state index in [1.165, 1.54) is 11.1 Å². The second kappa shape index (κ2) is 7.12. The Hall–Kier alpha value is -1.29. The van der Waals surface area contributed by atoms with Crippen molar-refractivity contribution in [3.63, 3.8) is 0 Å². The number of nitrogens with one attached hydrogen (secondary N) is 2. The standard InChI is InChI=1S/C14H16N2S/c1-3-7-13(8-4-1)11-15-17-16-12-14-9-5-2-6-10-14/h1-10,15-16H,11-12H2. The van der Waals surface area contributed by atoms with Crippen LogP contribution in [0.25, 0.3) is 0 Å². The topological polar surface area (TPSA) is 24.1 Å². The van der Waals surface area contributed by atoms with Gasteiger partial charge in [0.05, 0.1) is 0 Å². The van der Waals surface area contributed by atoms with Crippen LogP contribution in [0.15, 0.2) is 60.7 Å². The molecule has 2 aromatic carbocycles. The first kappa shape index (κ1) is 12.2. The van der Waals surface area contributed by atoms with Crippen LogP contribution < -0.4 is 9.44 Å². The van der Waals surface area contributed by atoms with E-state index in [9.17, 15) is 0 Å². The summed E-state index contributed by atoms with van der Waals surface area (Å²) in [5, 5.41) is 0. The molecule has 0 unspecified atom stereocenters. The van der Waals surface area contributed by atoms with Gasteiger partial charge in [0.25, 0.3) is 0 Å². The van der Waals surface area contributed by atoms with Crippen molar-refractivity contribution in [3.05, 3.63) is 71.8 Å². The molecule has 0 saturated carbocycles. The van der Waals surface area contributed by atoms with Crippen LogP contribution >= 0.6 is 12.1 Å². The summed E-state index contributed by atoms with van der Waals surface area (Å²) in [6.45, 7) is 1.74. The average molecular weight is 244 g/mol. The molecule has 0 saturated heterocycles. The molecule has 0 aliphatic rings. The zero-order valence-corrected chi connectivity index (χ0v) is 10.4. The van der Waals surface area contributed by atoms with Gasteiger partial charge in [-0.25, -0.2) is 9.44 Å². The van der Waals surface area contributed by atoms with Crippen LogP contribution in [0.1, 0.15) is 11.1 Å². The maximum atomic E-state index is 3.28. The van der Waals surface area contributed by atoms with Crippen molar-refractivity contribution in [3.8, 4) is 0 Å². The van der Waals surface area contributed by atoms with Crippen LogP contribution in [-0.2, 0) is 13.1 Å². The molecule has 0 aliphatic carbocycles. The highest BCUT2D eigenvalue weighted by Crippen LogP contribution is 2.02. The van der Waals surface area contributed by atoms with Gasteiger partial charge in [-0.2, -0.15) is 0 Å². The first-order valence-corrected chi connectivity index (χ1v) is 6.46. The van der Waals surface area contributed by atoms with Crippen molar-refractivity contribution in [2.24, 2.45) is 0 Å². The third kappa shape index (κ3) is 4.61. The maximum absolute atomic E-state index is 3.28. The van der Waals surface area contributed by atoms with Gasteiger partial charge in [-0.15, -0.1) is 0 Å². The van der Waals surface area contributed by atoms with Gasteiger partial charge in [0.15, 0.2) is 0 Å². The Morgan fingerprint density at radius 3 is 1.47 bits per heavy atom. The zero-order chi connectivity index (χ0) is 11.8. The van der Waals surface area contributed by atoms with Gasteiger partial charge >= 0.3 is 0 Å². The Kier molecular flexibility index (Phi) is 5.10. The Morgan fingerprint density at radius 2 is 1.06 bits per heavy atom. The van der Waals surface area contributed by atoms with E-state index in [0.717, 1.165) is 13.1 Å². The molecule has 0 atom stereocenters. The molecule has 88 valence electrons. The number of hydrogen-bond donors (Lipinski definition) is 2. The van der Waals surface area contributed by atoms with E-state index in [2.05, 4.69) is 58.0 Å². The van der Waals surface area contributed by atoms with Crippen molar-refractivity contribution in [1.29, 1.82) is 0 Å². The maximum Gasteiger partial charge on any atom is 0.0321 e. The molecule has 0 fully saturated rings. The summed E-state index contributed by atoms with van der Waals surface area (Å²) >= 11 is 1.54. The summed E-state index contributed by atoms with van der Waals surface area (Å²) in [4.78, 5) is 0. The molecule has 2 N–H and O–H groups in total. The monoisotopic (exact) mass is 244 g/mol. The molecule has 2 rings (SSSR count). The van der Waals surface area contributed by atoms with Crippen molar-refractivity contribution in [1.82, 2.24) is 9.44 Å². The second-order valence-electron chi connectivity index (χ2n) is 3.72. The average Bonchev–Trinajstić information content (AvgIpc) is 2.41. The fraction of sp³-hybridized carbons (Fsp3) is 0.143. The van der Waals surface area contributed by atoms with Gasteiger partial charge in [0.2, 0.25) is 0 Å². The fourth-order valence-electron chi connectivity index (χ4n) is 1.48. The number of benzene rings is 2. The first-order valence-electron chi connectivity index (χ1n) is 5.64. The minimum atomic E-state index is 0.868. The van der Waals surface area contributed by atoms with E-state index in [-0.39, 0.29) is 0 Å². The van der Waals surface area contributed by atoms with E-state index in [4.69, 9.17) is 0 Å². The predicted molar refractivity (Wildman–Crippen MR) is 74.2 cm³/mol. The lowest BCUT2D eigenvalue weighted by Crippen LogP contribution is -2.13. The summed E-state index contributed by atoms with van der Waals surface area (Å²) < 4.78 is 6.55. The van der Waals surface area contributed by atoms with Gasteiger partial charge < -0.3 is 0 Å². The normalized spacial score (nSPS) is 10.4. The Bertz CT molecular complexity index is 375. The van der Waals surface area contributed by atoms with E-state index in [0.29, 0.717) is 0 Å². The molecule has 0 aromatic heterocycles. The molecule has 0 heterocycles. The van der Waals surface area contributed by atoms with Crippen LogP contribution in [0.2, 0.25) is 0 Å². The molecular weight excluding hydrogens is 228 g/mol. The largest absolute Gasteiger partial charge is 0.246 e. The fourth-order valence-corrected chi connectivity index (χ4v) is 2.06. The third-order valence-corrected chi connectivity index (χ3v) is 2.96. The third-order valence-electron chi connectivity index (χ3n) is 2.38. The van der Waals surface area contributed by atoms with Crippen LogP contribution in [0.4, 0.5) is 0 Å². The quantitative estimate of drug-likeness (QED) is 0.603. The Balaban J connectivity index is 1.61. The Labute approximate surface area is 107 Å². The van der Waals surface area contributed by atoms with Gasteiger partial charge in [-0.3, -0.25) is 0 Å². The first-order chi connectivity index (χ1) is 8.45. The van der Waals surface area contributed by atoms with E-state index in [1.807, 2.05) is 12.1 Å². The summed E-state index contributed by atoms with van der Waals surface area (Å²) in [5.74, 6) is 0. The van der Waals surface area contributed by atoms with Crippen LogP contribution in [0.5, 0.6) is 0 Å². The van der Waals surface area contributed by atoms with Crippen molar-refractivity contribution in [2.45, 2.75) is 13.1 Å². The highest BCUT2D eigenvalue weighted by molar-refractivity contribution is 7.95. The molecule has 0 aliphatic heterocycles. The highest BCUT2D eigenvalue weighted by Gasteiger charge is 1.92. The smallest absolute Gasteiger partial charge is 0.0321 e. The van der Waals surface area contributed by atoms with Gasteiger partial charge in [-0.05, 0) is 11.1 Å². The molecule has 0 amide bonds. The minimum absolute atomic E-state index is 0.868. The van der Waals surface area contributed by atoms with Gasteiger partial charge in [0.1, 0.15) is 0 Å². The lowest BCUT2D eigenvalue weighted by molar-refractivity contribution is 0.923. The van der Waals surface area contributed by atoms with Crippen molar-refractivity contribution >= 4 is 12.1 Å². The summed E-state index contributed by atoms with van der Waals surface area (Å²) in [6.07, 6.45) is 0. The van der Waals surface area contributed by atoms with Crippen LogP contribution in [-0.4, -0.2) is 0 Å². The summed E-state index contributed by atoms with van der Waals surface area (Å²) in [7, 11) is 0. The van der Waals surface area contributed by atoms with Crippen molar-refractivity contribution < 1.29 is 0 Å². The van der Waals surface area contributed by atoms with Gasteiger partial charge in [0, 0.05) is 25.2 Å². The van der Waals surface area contributed by atoms with Gasteiger partial charge in [-0.1, -0.05) is 60.7 Å². The molecule has 2 aromatic rings. The molecule has 17 heavy (non-hydrogen) atoms. The molecular formula is C14H16N2S. The van der Waals surface area contributed by atoms with E-state index < -0.39 is 0 Å². The number of rotatable bonds is 6.